The van der Waals surface area contributed by atoms with E-state index < -0.39 is 6.10 Å². The van der Waals surface area contributed by atoms with E-state index in [-0.39, 0.29) is 5.91 Å². The summed E-state index contributed by atoms with van der Waals surface area (Å²) in [6, 6.07) is 9.72. The van der Waals surface area contributed by atoms with Crippen molar-refractivity contribution < 1.29 is 9.53 Å². The SMILES string of the molecule is N#CC1CN(C(=O)Cc2cccc(Br)c2)CCO1. The third-order valence-corrected chi connectivity index (χ3v) is 3.30. The van der Waals surface area contributed by atoms with E-state index in [1.54, 1.807) is 4.90 Å². The van der Waals surface area contributed by atoms with Crippen molar-refractivity contribution >= 4 is 21.8 Å². The van der Waals surface area contributed by atoms with Crippen LogP contribution in [0.1, 0.15) is 5.56 Å². The quantitative estimate of drug-likeness (QED) is 0.836. The van der Waals surface area contributed by atoms with Crippen LogP contribution in [0, 0.1) is 11.3 Å². The molecule has 0 radical (unpaired) electrons. The average molecular weight is 309 g/mol. The molecule has 0 spiro atoms. The van der Waals surface area contributed by atoms with Crippen LogP contribution < -0.4 is 0 Å². The molecule has 1 aromatic carbocycles. The van der Waals surface area contributed by atoms with Crippen molar-refractivity contribution in [2.24, 2.45) is 0 Å². The van der Waals surface area contributed by atoms with E-state index in [1.807, 2.05) is 30.3 Å². The first-order valence-electron chi connectivity index (χ1n) is 5.72. The molecule has 2 rings (SSSR count). The van der Waals surface area contributed by atoms with Crippen LogP contribution in [-0.2, 0) is 16.0 Å². The van der Waals surface area contributed by atoms with E-state index in [2.05, 4.69) is 15.9 Å². The van der Waals surface area contributed by atoms with Gasteiger partial charge in [0.05, 0.1) is 25.6 Å². The topological polar surface area (TPSA) is 53.3 Å². The highest BCUT2D eigenvalue weighted by Crippen LogP contribution is 2.14. The van der Waals surface area contributed by atoms with Gasteiger partial charge in [-0.2, -0.15) is 5.26 Å². The first kappa shape index (κ1) is 13.1. The van der Waals surface area contributed by atoms with Crippen molar-refractivity contribution in [3.8, 4) is 6.07 Å². The summed E-state index contributed by atoms with van der Waals surface area (Å²) >= 11 is 3.38. The second kappa shape index (κ2) is 5.98. The Kier molecular flexibility index (Phi) is 4.34. The van der Waals surface area contributed by atoms with Gasteiger partial charge in [0.15, 0.2) is 6.10 Å². The van der Waals surface area contributed by atoms with Gasteiger partial charge in [0.2, 0.25) is 5.91 Å². The van der Waals surface area contributed by atoms with Crippen LogP contribution in [0.2, 0.25) is 0 Å². The van der Waals surface area contributed by atoms with Gasteiger partial charge in [0, 0.05) is 11.0 Å². The number of amides is 1. The number of benzene rings is 1. The molecular weight excluding hydrogens is 296 g/mol. The number of ether oxygens (including phenoxy) is 1. The van der Waals surface area contributed by atoms with Gasteiger partial charge in [-0.3, -0.25) is 4.79 Å². The summed E-state index contributed by atoms with van der Waals surface area (Å²) in [5.41, 5.74) is 0.967. The predicted molar refractivity (Wildman–Crippen MR) is 69.8 cm³/mol. The Labute approximate surface area is 114 Å². The van der Waals surface area contributed by atoms with Crippen molar-refractivity contribution in [2.75, 3.05) is 19.7 Å². The summed E-state index contributed by atoms with van der Waals surface area (Å²) in [5, 5.41) is 8.80. The first-order chi connectivity index (χ1) is 8.69. The molecule has 1 amide bonds. The zero-order valence-electron chi connectivity index (χ0n) is 9.80. The van der Waals surface area contributed by atoms with Gasteiger partial charge < -0.3 is 9.64 Å². The highest BCUT2D eigenvalue weighted by molar-refractivity contribution is 9.10. The van der Waals surface area contributed by atoms with Gasteiger partial charge in [-0.25, -0.2) is 0 Å². The largest absolute Gasteiger partial charge is 0.360 e. The van der Waals surface area contributed by atoms with Crippen molar-refractivity contribution in [3.05, 3.63) is 34.3 Å². The molecule has 5 heteroatoms. The van der Waals surface area contributed by atoms with E-state index >= 15 is 0 Å². The molecule has 1 fully saturated rings. The zero-order chi connectivity index (χ0) is 13.0. The van der Waals surface area contributed by atoms with E-state index in [4.69, 9.17) is 10.00 Å². The predicted octanol–water partition coefficient (Wildman–Crippen LogP) is 1.74. The number of nitrogens with zero attached hydrogens (tertiary/aromatic N) is 2. The normalized spacial score (nSPS) is 19.3. The fourth-order valence-corrected chi connectivity index (χ4v) is 2.33. The monoisotopic (exact) mass is 308 g/mol. The number of rotatable bonds is 2. The molecule has 0 aliphatic carbocycles. The molecule has 0 N–H and O–H groups in total. The fourth-order valence-electron chi connectivity index (χ4n) is 1.89. The smallest absolute Gasteiger partial charge is 0.227 e. The average Bonchev–Trinajstić information content (AvgIpc) is 2.39. The maximum Gasteiger partial charge on any atom is 0.227 e. The van der Waals surface area contributed by atoms with Crippen LogP contribution in [0.15, 0.2) is 28.7 Å². The van der Waals surface area contributed by atoms with Crippen LogP contribution in [0.25, 0.3) is 0 Å². The third kappa shape index (κ3) is 3.31. The number of carbonyl (C=O) groups excluding carboxylic acids is 1. The Morgan fingerprint density at radius 2 is 2.44 bits per heavy atom. The lowest BCUT2D eigenvalue weighted by Crippen LogP contribution is -2.45. The molecule has 1 atom stereocenters. The lowest BCUT2D eigenvalue weighted by Gasteiger charge is -2.29. The minimum Gasteiger partial charge on any atom is -0.360 e. The van der Waals surface area contributed by atoms with Gasteiger partial charge in [-0.15, -0.1) is 0 Å². The minimum atomic E-state index is -0.495. The fraction of sp³-hybridized carbons (Fsp3) is 0.385. The second-order valence-electron chi connectivity index (χ2n) is 4.13. The number of morpholine rings is 1. The Hall–Kier alpha value is -1.38. The molecule has 0 aromatic heterocycles. The van der Waals surface area contributed by atoms with Crippen molar-refractivity contribution in [1.82, 2.24) is 4.90 Å². The molecule has 1 unspecified atom stereocenters. The van der Waals surface area contributed by atoms with Crippen molar-refractivity contribution in [2.45, 2.75) is 12.5 Å². The molecular formula is C13H13BrN2O2. The molecule has 1 aliphatic heterocycles. The van der Waals surface area contributed by atoms with Gasteiger partial charge in [-0.05, 0) is 17.7 Å². The Bertz CT molecular complexity index is 484. The molecule has 94 valence electrons. The van der Waals surface area contributed by atoms with Crippen LogP contribution in [0.3, 0.4) is 0 Å². The Morgan fingerprint density at radius 3 is 3.17 bits per heavy atom. The van der Waals surface area contributed by atoms with E-state index in [1.165, 1.54) is 0 Å². The lowest BCUT2D eigenvalue weighted by atomic mass is 10.1. The highest BCUT2D eigenvalue weighted by atomic mass is 79.9. The van der Waals surface area contributed by atoms with Crippen molar-refractivity contribution in [3.63, 3.8) is 0 Å². The summed E-state index contributed by atoms with van der Waals surface area (Å²) in [4.78, 5) is 13.8. The number of carbonyl (C=O) groups is 1. The molecule has 18 heavy (non-hydrogen) atoms. The van der Waals surface area contributed by atoms with Crippen LogP contribution in [0.4, 0.5) is 0 Å². The zero-order valence-corrected chi connectivity index (χ0v) is 11.4. The molecule has 0 saturated carbocycles. The standard InChI is InChI=1S/C13H13BrN2O2/c14-11-3-1-2-10(6-11)7-13(17)16-4-5-18-12(8-15)9-16/h1-3,6,12H,4-5,7,9H2. The number of nitriles is 1. The molecule has 1 saturated heterocycles. The summed E-state index contributed by atoms with van der Waals surface area (Å²) in [6.45, 7) is 1.36. The van der Waals surface area contributed by atoms with E-state index in [9.17, 15) is 4.79 Å². The Balaban J connectivity index is 1.98. The highest BCUT2D eigenvalue weighted by Gasteiger charge is 2.23. The molecule has 0 bridgehead atoms. The summed E-state index contributed by atoms with van der Waals surface area (Å²) in [7, 11) is 0. The van der Waals surface area contributed by atoms with Crippen LogP contribution in [0.5, 0.6) is 0 Å². The maximum absolute atomic E-state index is 12.1. The lowest BCUT2D eigenvalue weighted by molar-refractivity contribution is -0.136. The van der Waals surface area contributed by atoms with Gasteiger partial charge in [-0.1, -0.05) is 28.1 Å². The maximum atomic E-state index is 12.1. The number of halogens is 1. The molecule has 1 heterocycles. The minimum absolute atomic E-state index is 0.0386. The molecule has 1 aromatic rings. The van der Waals surface area contributed by atoms with Crippen LogP contribution in [-0.4, -0.2) is 36.6 Å². The van der Waals surface area contributed by atoms with Gasteiger partial charge >= 0.3 is 0 Å². The van der Waals surface area contributed by atoms with Crippen LogP contribution >= 0.6 is 15.9 Å². The van der Waals surface area contributed by atoms with Gasteiger partial charge in [0.25, 0.3) is 0 Å². The number of hydrogen-bond donors (Lipinski definition) is 0. The summed E-state index contributed by atoms with van der Waals surface area (Å²) in [6.07, 6.45) is -0.136. The first-order valence-corrected chi connectivity index (χ1v) is 6.52. The van der Waals surface area contributed by atoms with Crippen molar-refractivity contribution in [1.29, 1.82) is 5.26 Å². The van der Waals surface area contributed by atoms with E-state index in [0.29, 0.717) is 26.1 Å². The second-order valence-corrected chi connectivity index (χ2v) is 5.05. The summed E-state index contributed by atoms with van der Waals surface area (Å²) in [5.74, 6) is 0.0386. The van der Waals surface area contributed by atoms with E-state index in [0.717, 1.165) is 10.0 Å². The Morgan fingerprint density at radius 1 is 1.61 bits per heavy atom. The summed E-state index contributed by atoms with van der Waals surface area (Å²) < 4.78 is 6.18. The third-order valence-electron chi connectivity index (χ3n) is 2.81. The molecule has 1 aliphatic rings. The van der Waals surface area contributed by atoms with Gasteiger partial charge in [0.1, 0.15) is 0 Å². The molecule has 4 nitrogen and oxygen atoms in total. The number of hydrogen-bond acceptors (Lipinski definition) is 3.